The van der Waals surface area contributed by atoms with Crippen molar-refractivity contribution in [3.63, 3.8) is 0 Å². The van der Waals surface area contributed by atoms with E-state index in [-0.39, 0.29) is 5.52 Å². The van der Waals surface area contributed by atoms with Gasteiger partial charge in [0.15, 0.2) is 0 Å². The maximum absolute atomic E-state index is 12.7. The Labute approximate surface area is 118 Å². The highest BCUT2D eigenvalue weighted by molar-refractivity contribution is 5.83. The van der Waals surface area contributed by atoms with Crippen molar-refractivity contribution in [3.05, 3.63) is 42.2 Å². The third kappa shape index (κ3) is 2.20. The second-order valence-corrected chi connectivity index (χ2v) is 4.66. The lowest BCUT2D eigenvalue weighted by Gasteiger charge is -2.06. The standard InChI is InChI=1S/C14H11F3N4/c1-21-12-3-2-8(14(15,16)17)6-11(12)20-13(21)9-4-5-19-7-10(9)18/h2-7H,18H2,1H3. The molecular weight excluding hydrogens is 281 g/mol. The van der Waals surface area contributed by atoms with Crippen molar-refractivity contribution < 1.29 is 13.2 Å². The van der Waals surface area contributed by atoms with E-state index < -0.39 is 11.7 Å². The van der Waals surface area contributed by atoms with Crippen LogP contribution < -0.4 is 5.73 Å². The summed E-state index contributed by atoms with van der Waals surface area (Å²) in [4.78, 5) is 8.16. The number of nitrogen functional groups attached to an aromatic ring is 1. The van der Waals surface area contributed by atoms with Gasteiger partial charge in [0.05, 0.1) is 28.5 Å². The van der Waals surface area contributed by atoms with Gasteiger partial charge in [-0.15, -0.1) is 0 Å². The third-order valence-corrected chi connectivity index (χ3v) is 3.30. The number of hydrogen-bond donors (Lipinski definition) is 1. The van der Waals surface area contributed by atoms with Crippen molar-refractivity contribution in [2.75, 3.05) is 5.73 Å². The number of anilines is 1. The number of hydrogen-bond acceptors (Lipinski definition) is 3. The Morgan fingerprint density at radius 3 is 2.62 bits per heavy atom. The monoisotopic (exact) mass is 292 g/mol. The van der Waals surface area contributed by atoms with Crippen LogP contribution in [0.3, 0.4) is 0 Å². The molecule has 0 atom stereocenters. The van der Waals surface area contributed by atoms with Crippen molar-refractivity contribution >= 4 is 16.7 Å². The maximum Gasteiger partial charge on any atom is 0.416 e. The van der Waals surface area contributed by atoms with Crippen molar-refractivity contribution in [2.24, 2.45) is 7.05 Å². The predicted octanol–water partition coefficient (Wildman–Crippen LogP) is 3.24. The molecule has 0 saturated heterocycles. The van der Waals surface area contributed by atoms with Gasteiger partial charge >= 0.3 is 6.18 Å². The molecule has 0 radical (unpaired) electrons. The van der Waals surface area contributed by atoms with Gasteiger partial charge in [0.2, 0.25) is 0 Å². The molecule has 2 heterocycles. The molecule has 0 saturated carbocycles. The van der Waals surface area contributed by atoms with Crippen LogP contribution in [0.5, 0.6) is 0 Å². The smallest absolute Gasteiger partial charge is 0.397 e. The molecule has 21 heavy (non-hydrogen) atoms. The van der Waals surface area contributed by atoms with Gasteiger partial charge in [0.25, 0.3) is 0 Å². The molecule has 0 unspecified atom stereocenters. The van der Waals surface area contributed by atoms with E-state index in [1.54, 1.807) is 23.9 Å². The first-order valence-corrected chi connectivity index (χ1v) is 6.11. The summed E-state index contributed by atoms with van der Waals surface area (Å²) in [5, 5.41) is 0. The van der Waals surface area contributed by atoms with Crippen LogP contribution in [0.1, 0.15) is 5.56 Å². The minimum Gasteiger partial charge on any atom is -0.397 e. The number of rotatable bonds is 1. The van der Waals surface area contributed by atoms with Crippen molar-refractivity contribution in [3.8, 4) is 11.4 Å². The van der Waals surface area contributed by atoms with Crippen LogP contribution in [-0.4, -0.2) is 14.5 Å². The molecule has 0 aliphatic rings. The molecule has 0 bridgehead atoms. The zero-order valence-corrected chi connectivity index (χ0v) is 11.0. The van der Waals surface area contributed by atoms with Crippen LogP contribution in [0.2, 0.25) is 0 Å². The van der Waals surface area contributed by atoms with E-state index in [1.165, 1.54) is 12.3 Å². The van der Waals surface area contributed by atoms with Gasteiger partial charge in [0.1, 0.15) is 5.82 Å². The summed E-state index contributed by atoms with van der Waals surface area (Å²) < 4.78 is 40.0. The second kappa shape index (κ2) is 4.47. The first kappa shape index (κ1) is 13.4. The molecule has 3 rings (SSSR count). The fourth-order valence-electron chi connectivity index (χ4n) is 2.23. The van der Waals surface area contributed by atoms with Gasteiger partial charge in [-0.05, 0) is 24.3 Å². The Morgan fingerprint density at radius 2 is 1.95 bits per heavy atom. The van der Waals surface area contributed by atoms with E-state index in [4.69, 9.17) is 5.73 Å². The highest BCUT2D eigenvalue weighted by Gasteiger charge is 2.31. The van der Waals surface area contributed by atoms with E-state index in [9.17, 15) is 13.2 Å². The molecule has 108 valence electrons. The number of aryl methyl sites for hydroxylation is 1. The van der Waals surface area contributed by atoms with Gasteiger partial charge in [-0.3, -0.25) is 4.98 Å². The number of halogens is 3. The molecule has 0 fully saturated rings. The number of pyridine rings is 1. The van der Waals surface area contributed by atoms with Crippen molar-refractivity contribution in [1.29, 1.82) is 0 Å². The Balaban J connectivity index is 2.23. The Kier molecular flexibility index (Phi) is 2.86. The Bertz CT molecular complexity index is 821. The average molecular weight is 292 g/mol. The quantitative estimate of drug-likeness (QED) is 0.749. The molecular formula is C14H11F3N4. The Morgan fingerprint density at radius 1 is 1.19 bits per heavy atom. The van der Waals surface area contributed by atoms with Gasteiger partial charge in [0, 0.05) is 18.8 Å². The zero-order chi connectivity index (χ0) is 15.2. The first-order valence-electron chi connectivity index (χ1n) is 6.11. The van der Waals surface area contributed by atoms with Crippen molar-refractivity contribution in [2.45, 2.75) is 6.18 Å². The lowest BCUT2D eigenvalue weighted by Crippen LogP contribution is -2.04. The van der Waals surface area contributed by atoms with E-state index in [2.05, 4.69) is 9.97 Å². The number of nitrogens with two attached hydrogens (primary N) is 1. The van der Waals surface area contributed by atoms with Crippen LogP contribution in [0, 0.1) is 0 Å². The molecule has 0 aliphatic carbocycles. The summed E-state index contributed by atoms with van der Waals surface area (Å²) in [6.07, 6.45) is -1.34. The Hall–Kier alpha value is -2.57. The van der Waals surface area contributed by atoms with Crippen LogP contribution in [-0.2, 0) is 13.2 Å². The van der Waals surface area contributed by atoms with Gasteiger partial charge in [-0.2, -0.15) is 13.2 Å². The van der Waals surface area contributed by atoms with Crippen LogP contribution in [0.25, 0.3) is 22.4 Å². The molecule has 0 aliphatic heterocycles. The summed E-state index contributed by atoms with van der Waals surface area (Å²) in [5.41, 5.74) is 7.07. The predicted molar refractivity (Wildman–Crippen MR) is 73.4 cm³/mol. The number of benzene rings is 1. The topological polar surface area (TPSA) is 56.7 Å². The van der Waals surface area contributed by atoms with E-state index in [0.29, 0.717) is 22.6 Å². The van der Waals surface area contributed by atoms with Gasteiger partial charge < -0.3 is 10.3 Å². The highest BCUT2D eigenvalue weighted by atomic mass is 19.4. The molecule has 1 aromatic carbocycles. The minimum atomic E-state index is -4.39. The van der Waals surface area contributed by atoms with Crippen LogP contribution in [0.15, 0.2) is 36.7 Å². The molecule has 0 amide bonds. The normalized spacial score (nSPS) is 12.0. The van der Waals surface area contributed by atoms with E-state index in [0.717, 1.165) is 12.1 Å². The summed E-state index contributed by atoms with van der Waals surface area (Å²) in [7, 11) is 1.73. The fourth-order valence-corrected chi connectivity index (χ4v) is 2.23. The lowest BCUT2D eigenvalue weighted by atomic mass is 10.2. The first-order chi connectivity index (χ1) is 9.88. The third-order valence-electron chi connectivity index (χ3n) is 3.30. The SMILES string of the molecule is Cn1c(-c2ccncc2N)nc2cc(C(F)(F)F)ccc21. The van der Waals surface area contributed by atoms with Gasteiger partial charge in [-0.25, -0.2) is 4.98 Å². The van der Waals surface area contributed by atoms with Crippen molar-refractivity contribution in [1.82, 2.24) is 14.5 Å². The van der Waals surface area contributed by atoms with Gasteiger partial charge in [-0.1, -0.05) is 0 Å². The summed E-state index contributed by atoms with van der Waals surface area (Å²) in [6.45, 7) is 0. The molecule has 3 aromatic rings. The summed E-state index contributed by atoms with van der Waals surface area (Å²) in [6, 6.07) is 5.17. The maximum atomic E-state index is 12.7. The average Bonchev–Trinajstić information content (AvgIpc) is 2.75. The minimum absolute atomic E-state index is 0.276. The lowest BCUT2D eigenvalue weighted by molar-refractivity contribution is -0.137. The molecule has 7 heteroatoms. The molecule has 2 N–H and O–H groups in total. The summed E-state index contributed by atoms with van der Waals surface area (Å²) in [5.74, 6) is 0.504. The second-order valence-electron chi connectivity index (χ2n) is 4.66. The number of alkyl halides is 3. The van der Waals surface area contributed by atoms with Crippen LogP contribution >= 0.6 is 0 Å². The molecule has 0 spiro atoms. The highest BCUT2D eigenvalue weighted by Crippen LogP contribution is 2.33. The number of fused-ring (bicyclic) bond motifs is 1. The van der Waals surface area contributed by atoms with Crippen LogP contribution in [0.4, 0.5) is 18.9 Å². The van der Waals surface area contributed by atoms with E-state index in [1.807, 2.05) is 0 Å². The summed E-state index contributed by atoms with van der Waals surface area (Å²) >= 11 is 0. The number of aromatic nitrogens is 3. The largest absolute Gasteiger partial charge is 0.416 e. The fraction of sp³-hybridized carbons (Fsp3) is 0.143. The van der Waals surface area contributed by atoms with E-state index >= 15 is 0 Å². The molecule has 2 aromatic heterocycles. The number of nitrogens with zero attached hydrogens (tertiary/aromatic N) is 3. The molecule has 4 nitrogen and oxygen atoms in total. The zero-order valence-electron chi connectivity index (χ0n) is 11.0. The number of imidazole rings is 1.